The first-order valence-corrected chi connectivity index (χ1v) is 6.03. The van der Waals surface area contributed by atoms with E-state index in [2.05, 4.69) is 38.1 Å². The number of nitrogens with two attached hydrogens (primary N) is 1. The summed E-state index contributed by atoms with van der Waals surface area (Å²) in [4.78, 5) is 0. The summed E-state index contributed by atoms with van der Waals surface area (Å²) in [6.07, 6.45) is 0. The summed E-state index contributed by atoms with van der Waals surface area (Å²) in [5, 5.41) is 0. The van der Waals surface area contributed by atoms with Gasteiger partial charge in [0, 0.05) is 5.69 Å². The van der Waals surface area contributed by atoms with Gasteiger partial charge in [-0.2, -0.15) is 0 Å². The smallest absolute Gasteiger partial charge is 0.0313 e. The molecule has 0 unspecified atom stereocenters. The molecule has 0 spiro atoms. The van der Waals surface area contributed by atoms with Gasteiger partial charge in [0.05, 0.1) is 0 Å². The van der Waals surface area contributed by atoms with E-state index in [4.69, 9.17) is 5.73 Å². The van der Waals surface area contributed by atoms with Crippen LogP contribution in [-0.4, -0.2) is 0 Å². The van der Waals surface area contributed by atoms with Crippen LogP contribution in [0, 0.1) is 13.8 Å². The van der Waals surface area contributed by atoms with Gasteiger partial charge in [0.15, 0.2) is 0 Å². The van der Waals surface area contributed by atoms with E-state index in [1.807, 2.05) is 44.2 Å². The Bertz CT molecular complexity index is 372. The highest BCUT2D eigenvalue weighted by molar-refractivity contribution is 5.35. The van der Waals surface area contributed by atoms with E-state index in [0.29, 0.717) is 0 Å². The number of aryl methyl sites for hydroxylation is 2. The van der Waals surface area contributed by atoms with Gasteiger partial charge in [-0.25, -0.2) is 0 Å². The van der Waals surface area contributed by atoms with Crippen LogP contribution >= 0.6 is 0 Å². The van der Waals surface area contributed by atoms with Crippen molar-refractivity contribution in [2.24, 2.45) is 0 Å². The lowest BCUT2D eigenvalue weighted by Crippen LogP contribution is -1.79. The van der Waals surface area contributed by atoms with Crippen LogP contribution in [0.1, 0.15) is 25.0 Å². The number of nitrogen functional groups attached to an aromatic ring is 1. The molecule has 92 valence electrons. The second-order valence-corrected chi connectivity index (χ2v) is 3.49. The Morgan fingerprint density at radius 3 is 1.24 bits per heavy atom. The quantitative estimate of drug-likeness (QED) is 0.656. The van der Waals surface area contributed by atoms with Crippen molar-refractivity contribution >= 4 is 5.69 Å². The van der Waals surface area contributed by atoms with Crippen molar-refractivity contribution in [3.05, 3.63) is 65.7 Å². The molecule has 0 saturated heterocycles. The van der Waals surface area contributed by atoms with E-state index in [0.717, 1.165) is 5.69 Å². The molecule has 0 radical (unpaired) electrons. The molecule has 0 aliphatic rings. The van der Waals surface area contributed by atoms with Crippen LogP contribution in [0.2, 0.25) is 0 Å². The Labute approximate surface area is 105 Å². The van der Waals surface area contributed by atoms with Gasteiger partial charge < -0.3 is 5.73 Å². The lowest BCUT2D eigenvalue weighted by Gasteiger charge is -1.93. The van der Waals surface area contributed by atoms with Gasteiger partial charge in [0.1, 0.15) is 0 Å². The monoisotopic (exact) mass is 229 g/mol. The summed E-state index contributed by atoms with van der Waals surface area (Å²) in [6, 6.07) is 17.8. The molecule has 1 heteroatoms. The maximum atomic E-state index is 5.36. The average molecular weight is 229 g/mol. The molecule has 0 aliphatic carbocycles. The van der Waals surface area contributed by atoms with Crippen molar-refractivity contribution in [1.29, 1.82) is 0 Å². The maximum Gasteiger partial charge on any atom is 0.0313 e. The zero-order chi connectivity index (χ0) is 13.1. The van der Waals surface area contributed by atoms with Crippen LogP contribution in [-0.2, 0) is 0 Å². The highest BCUT2D eigenvalue weighted by Gasteiger charge is 1.83. The molecule has 0 fully saturated rings. The van der Waals surface area contributed by atoms with Gasteiger partial charge in [-0.1, -0.05) is 56.3 Å². The summed E-state index contributed by atoms with van der Waals surface area (Å²) >= 11 is 0. The molecule has 0 aliphatic heterocycles. The minimum atomic E-state index is 0.822. The molecule has 2 aromatic carbocycles. The Morgan fingerprint density at radius 1 is 0.647 bits per heavy atom. The number of rotatable bonds is 0. The van der Waals surface area contributed by atoms with Crippen LogP contribution in [0.3, 0.4) is 0 Å². The molecule has 17 heavy (non-hydrogen) atoms. The van der Waals surface area contributed by atoms with E-state index >= 15 is 0 Å². The maximum absolute atomic E-state index is 5.36. The SMILES string of the molecule is CC.Cc1ccccc1C.Nc1ccccc1. The highest BCUT2D eigenvalue weighted by atomic mass is 14.5. The molecule has 2 aromatic rings. The average Bonchev–Trinajstić information content (AvgIpc) is 2.37. The number of hydrogen-bond donors (Lipinski definition) is 1. The Kier molecular flexibility index (Phi) is 8.48. The molecule has 1 nitrogen and oxygen atoms in total. The van der Waals surface area contributed by atoms with Gasteiger partial charge in [0.25, 0.3) is 0 Å². The molecule has 0 heterocycles. The molecule has 2 N–H and O–H groups in total. The van der Waals surface area contributed by atoms with Crippen molar-refractivity contribution in [1.82, 2.24) is 0 Å². The molecular formula is C16H23N. The predicted octanol–water partition coefficient (Wildman–Crippen LogP) is 4.60. The van der Waals surface area contributed by atoms with Crippen LogP contribution < -0.4 is 5.73 Å². The second-order valence-electron chi connectivity index (χ2n) is 3.49. The number of benzene rings is 2. The second kappa shape index (κ2) is 9.46. The molecule has 0 bridgehead atoms. The number of para-hydroxylation sites is 1. The minimum absolute atomic E-state index is 0.822. The summed E-state index contributed by atoms with van der Waals surface area (Å²) in [7, 11) is 0. The van der Waals surface area contributed by atoms with Crippen LogP contribution in [0.4, 0.5) is 5.69 Å². The van der Waals surface area contributed by atoms with E-state index in [9.17, 15) is 0 Å². The number of hydrogen-bond acceptors (Lipinski definition) is 1. The van der Waals surface area contributed by atoms with Crippen LogP contribution in [0.15, 0.2) is 54.6 Å². The normalized spacial score (nSPS) is 8.24. The first-order chi connectivity index (χ1) is 8.20. The zero-order valence-corrected chi connectivity index (χ0v) is 11.3. The van der Waals surface area contributed by atoms with Gasteiger partial charge >= 0.3 is 0 Å². The third kappa shape index (κ3) is 7.18. The summed E-state index contributed by atoms with van der Waals surface area (Å²) in [6.45, 7) is 8.24. The van der Waals surface area contributed by atoms with E-state index in [-0.39, 0.29) is 0 Å². The lowest BCUT2D eigenvalue weighted by molar-refractivity contribution is 1.34. The summed E-state index contributed by atoms with van der Waals surface area (Å²) in [5.74, 6) is 0. The fourth-order valence-corrected chi connectivity index (χ4v) is 1.12. The molecule has 2 rings (SSSR count). The fraction of sp³-hybridized carbons (Fsp3) is 0.250. The molecular weight excluding hydrogens is 206 g/mol. The minimum Gasteiger partial charge on any atom is -0.399 e. The first kappa shape index (κ1) is 15.2. The third-order valence-corrected chi connectivity index (χ3v) is 2.23. The standard InChI is InChI=1S/C8H10.C6H7N.C2H6/c1-7-5-3-4-6-8(7)2;7-6-4-2-1-3-5-6;1-2/h3-6H,1-2H3;1-5H,7H2;1-2H3. The Hall–Kier alpha value is -1.76. The van der Waals surface area contributed by atoms with E-state index in [1.54, 1.807) is 0 Å². The van der Waals surface area contributed by atoms with E-state index < -0.39 is 0 Å². The van der Waals surface area contributed by atoms with Crippen molar-refractivity contribution in [3.8, 4) is 0 Å². The van der Waals surface area contributed by atoms with Crippen molar-refractivity contribution in [2.75, 3.05) is 5.73 Å². The molecule has 0 atom stereocenters. The Balaban J connectivity index is 0.000000265. The van der Waals surface area contributed by atoms with Gasteiger partial charge in [-0.05, 0) is 37.1 Å². The van der Waals surface area contributed by atoms with Crippen molar-refractivity contribution < 1.29 is 0 Å². The lowest BCUT2D eigenvalue weighted by atomic mass is 10.1. The van der Waals surface area contributed by atoms with Gasteiger partial charge in [0.2, 0.25) is 0 Å². The third-order valence-electron chi connectivity index (χ3n) is 2.23. The van der Waals surface area contributed by atoms with E-state index in [1.165, 1.54) is 11.1 Å². The van der Waals surface area contributed by atoms with Crippen LogP contribution in [0.25, 0.3) is 0 Å². The molecule has 0 saturated carbocycles. The van der Waals surface area contributed by atoms with Crippen molar-refractivity contribution in [2.45, 2.75) is 27.7 Å². The topological polar surface area (TPSA) is 26.0 Å². The molecule has 0 aromatic heterocycles. The molecule has 0 amide bonds. The van der Waals surface area contributed by atoms with Gasteiger partial charge in [-0.3, -0.25) is 0 Å². The van der Waals surface area contributed by atoms with Gasteiger partial charge in [-0.15, -0.1) is 0 Å². The number of anilines is 1. The summed E-state index contributed by atoms with van der Waals surface area (Å²) in [5.41, 5.74) is 8.92. The largest absolute Gasteiger partial charge is 0.399 e. The zero-order valence-electron chi connectivity index (χ0n) is 11.3. The fourth-order valence-electron chi connectivity index (χ4n) is 1.12. The predicted molar refractivity (Wildman–Crippen MR) is 78.1 cm³/mol. The Morgan fingerprint density at radius 2 is 1.00 bits per heavy atom. The van der Waals surface area contributed by atoms with Crippen LogP contribution in [0.5, 0.6) is 0 Å². The highest BCUT2D eigenvalue weighted by Crippen LogP contribution is 2.02. The first-order valence-electron chi connectivity index (χ1n) is 6.03. The van der Waals surface area contributed by atoms with Crippen molar-refractivity contribution in [3.63, 3.8) is 0 Å². The summed E-state index contributed by atoms with van der Waals surface area (Å²) < 4.78 is 0.